The number of thiazole rings is 1. The number of carboxylic acids is 2. The van der Waals surface area contributed by atoms with Crippen molar-refractivity contribution in [3.63, 3.8) is 0 Å². The molecule has 212 valence electrons. The molecule has 0 radical (unpaired) electrons. The predicted octanol–water partition coefficient (Wildman–Crippen LogP) is 5.23. The molecule has 2 aliphatic rings. The zero-order valence-corrected chi connectivity index (χ0v) is 23.6. The minimum absolute atomic E-state index is 0.179. The minimum Gasteiger partial charge on any atom is -0.481 e. The van der Waals surface area contributed by atoms with E-state index in [2.05, 4.69) is 48.3 Å². The van der Waals surface area contributed by atoms with E-state index in [0.717, 1.165) is 56.1 Å². The maximum absolute atomic E-state index is 13.2. The first-order chi connectivity index (χ1) is 19.2. The van der Waals surface area contributed by atoms with Crippen molar-refractivity contribution < 1.29 is 24.2 Å². The minimum atomic E-state index is -1.08. The number of aliphatic carboxylic acids is 2. The van der Waals surface area contributed by atoms with Gasteiger partial charge in [0.15, 0.2) is 5.84 Å². The van der Waals surface area contributed by atoms with Gasteiger partial charge in [-0.25, -0.2) is 14.4 Å². The molecule has 10 heteroatoms. The van der Waals surface area contributed by atoms with Crippen molar-refractivity contribution in [3.8, 4) is 0 Å². The molecule has 3 N–H and O–H groups in total. The van der Waals surface area contributed by atoms with Crippen LogP contribution in [0.5, 0.6) is 0 Å². The largest absolute Gasteiger partial charge is 0.481 e. The highest BCUT2D eigenvalue weighted by Crippen LogP contribution is 2.34. The van der Waals surface area contributed by atoms with Crippen molar-refractivity contribution in [2.45, 2.75) is 57.9 Å². The molecule has 0 spiro atoms. The summed E-state index contributed by atoms with van der Waals surface area (Å²) in [6.45, 7) is 7.15. The quantitative estimate of drug-likeness (QED) is 0.359. The van der Waals surface area contributed by atoms with Crippen molar-refractivity contribution in [1.29, 1.82) is 0 Å². The highest BCUT2D eigenvalue weighted by Gasteiger charge is 2.29. The van der Waals surface area contributed by atoms with Crippen LogP contribution in [0, 0.1) is 5.82 Å². The fourth-order valence-electron chi connectivity index (χ4n) is 4.66. The Morgan fingerprint density at radius 2 is 1.80 bits per heavy atom. The summed E-state index contributed by atoms with van der Waals surface area (Å²) in [7, 11) is 0. The molecule has 1 atom stereocenters. The molecule has 1 fully saturated rings. The zero-order valence-electron chi connectivity index (χ0n) is 22.8. The number of halogens is 1. The molecule has 5 rings (SSSR count). The van der Waals surface area contributed by atoms with E-state index in [1.54, 1.807) is 12.1 Å². The van der Waals surface area contributed by atoms with Crippen LogP contribution in [0.1, 0.15) is 65.7 Å². The third kappa shape index (κ3) is 7.95. The number of rotatable bonds is 7. The first-order valence-corrected chi connectivity index (χ1v) is 14.3. The molecule has 2 aliphatic heterocycles. The van der Waals surface area contributed by atoms with Gasteiger partial charge in [0.25, 0.3) is 0 Å². The third-order valence-corrected chi connectivity index (χ3v) is 8.15. The lowest BCUT2D eigenvalue weighted by Gasteiger charge is -2.35. The number of fused-ring (bicyclic) bond motifs is 2. The average molecular weight is 567 g/mol. The molecule has 3 aromatic rings. The van der Waals surface area contributed by atoms with Gasteiger partial charge in [0.2, 0.25) is 0 Å². The van der Waals surface area contributed by atoms with Crippen LogP contribution in [0.25, 0.3) is 0 Å². The number of hydrogen-bond donors (Lipinski definition) is 3. The molecule has 2 aromatic carbocycles. The Hall–Kier alpha value is -3.63. The van der Waals surface area contributed by atoms with E-state index in [1.807, 2.05) is 23.5 Å². The summed E-state index contributed by atoms with van der Waals surface area (Å²) in [6, 6.07) is 15.7. The second-order valence-corrected chi connectivity index (χ2v) is 11.4. The molecule has 8 nitrogen and oxygen atoms in total. The van der Waals surface area contributed by atoms with E-state index in [4.69, 9.17) is 20.2 Å². The van der Waals surface area contributed by atoms with E-state index >= 15 is 0 Å². The maximum Gasteiger partial charge on any atom is 0.303 e. The third-order valence-electron chi connectivity index (χ3n) is 6.79. The molecule has 0 amide bonds. The van der Waals surface area contributed by atoms with Crippen LogP contribution in [0.15, 0.2) is 53.5 Å². The Morgan fingerprint density at radius 1 is 1.10 bits per heavy atom. The Labute approximate surface area is 237 Å². The Bertz CT molecular complexity index is 1340. The monoisotopic (exact) mass is 566 g/mol. The van der Waals surface area contributed by atoms with Gasteiger partial charge in [-0.1, -0.05) is 44.2 Å². The summed E-state index contributed by atoms with van der Waals surface area (Å²) >= 11 is 1.83. The number of aromatic nitrogens is 1. The van der Waals surface area contributed by atoms with Gasteiger partial charge in [0.1, 0.15) is 11.5 Å². The van der Waals surface area contributed by atoms with Crippen molar-refractivity contribution in [2.75, 3.05) is 19.6 Å². The number of para-hydroxylation sites is 1. The number of carboxylic acid groups (broad SMARTS) is 2. The van der Waals surface area contributed by atoms with Gasteiger partial charge in [-0.15, -0.1) is 11.3 Å². The number of nitrogens with zero attached hydrogens (tertiary/aromatic N) is 3. The number of hydrogen-bond acceptors (Lipinski definition) is 7. The molecular formula is C30H35FN4O4S. The smallest absolute Gasteiger partial charge is 0.303 e. The van der Waals surface area contributed by atoms with Crippen molar-refractivity contribution in [3.05, 3.63) is 81.1 Å². The Balaban J connectivity index is 0.000000406. The topological polar surface area (TPSA) is 115 Å². The fraction of sp³-hybridized carbons (Fsp3) is 0.400. The molecule has 1 aromatic heterocycles. The van der Waals surface area contributed by atoms with Crippen LogP contribution < -0.4 is 5.32 Å². The zero-order chi connectivity index (χ0) is 28.6. The first-order valence-electron chi connectivity index (χ1n) is 13.5. The summed E-state index contributed by atoms with van der Waals surface area (Å²) in [5.41, 5.74) is 4.56. The standard InChI is InChI=1S/C26H29FN4S.C4H6O4/c1-17(2)26-30-24-23(32-26)15-19-5-3-4-6-22(19)29-25(24)31-14-13-28-21(16-31)12-9-18-7-10-20(27)11-8-18;5-3(6)1-2-4(7)8/h3-8,10-11,17,21,28H,9,12-16H2,1-2H3;1-2H2,(H,5,6)(H,7,8)/t21-;/m0./s1. The number of nitrogens with one attached hydrogen (secondary N) is 1. The van der Waals surface area contributed by atoms with Gasteiger partial charge in [0.05, 0.1) is 23.5 Å². The van der Waals surface area contributed by atoms with E-state index in [0.29, 0.717) is 12.0 Å². The van der Waals surface area contributed by atoms with E-state index in [-0.39, 0.29) is 18.7 Å². The first kappa shape index (κ1) is 29.4. The van der Waals surface area contributed by atoms with Crippen molar-refractivity contribution in [1.82, 2.24) is 15.2 Å². The molecule has 0 aliphatic carbocycles. The van der Waals surface area contributed by atoms with Gasteiger partial charge in [-0.2, -0.15) is 0 Å². The van der Waals surface area contributed by atoms with Crippen LogP contribution in [-0.2, 0) is 22.4 Å². The van der Waals surface area contributed by atoms with Crippen LogP contribution >= 0.6 is 11.3 Å². The van der Waals surface area contributed by atoms with Crippen LogP contribution in [-0.4, -0.2) is 63.5 Å². The van der Waals surface area contributed by atoms with Crippen LogP contribution in [0.2, 0.25) is 0 Å². The molecule has 0 saturated carbocycles. The van der Waals surface area contributed by atoms with Crippen LogP contribution in [0.3, 0.4) is 0 Å². The second kappa shape index (κ2) is 13.6. The molecule has 0 unspecified atom stereocenters. The summed E-state index contributed by atoms with van der Waals surface area (Å²) in [6.07, 6.45) is 2.24. The number of amidine groups is 1. The molecular weight excluding hydrogens is 531 g/mol. The lowest BCUT2D eigenvalue weighted by molar-refractivity contribution is -0.143. The van der Waals surface area contributed by atoms with Gasteiger partial charge < -0.3 is 20.4 Å². The average Bonchev–Trinajstić information content (AvgIpc) is 3.28. The van der Waals surface area contributed by atoms with Gasteiger partial charge >= 0.3 is 11.9 Å². The Kier molecular flexibility index (Phi) is 10.0. The van der Waals surface area contributed by atoms with E-state index in [1.165, 1.54) is 21.0 Å². The lowest BCUT2D eigenvalue weighted by atomic mass is 10.0. The normalized spacial score (nSPS) is 16.2. The molecule has 0 bridgehead atoms. The maximum atomic E-state index is 13.2. The molecule has 40 heavy (non-hydrogen) atoms. The van der Waals surface area contributed by atoms with Gasteiger partial charge in [-0.3, -0.25) is 9.59 Å². The highest BCUT2D eigenvalue weighted by atomic mass is 32.1. The SMILES string of the molecule is CC(C)c1nc2c(s1)Cc1ccccc1N=C2N1CCN[C@@H](CCc2ccc(F)cc2)C1.O=C(O)CCC(=O)O. The molecule has 3 heterocycles. The van der Waals surface area contributed by atoms with E-state index < -0.39 is 11.9 Å². The summed E-state index contributed by atoms with van der Waals surface area (Å²) < 4.78 is 13.2. The molecule has 1 saturated heterocycles. The van der Waals surface area contributed by atoms with Crippen molar-refractivity contribution >= 4 is 34.8 Å². The summed E-state index contributed by atoms with van der Waals surface area (Å²) in [5.74, 6) is -0.904. The number of piperazine rings is 1. The number of benzene rings is 2. The summed E-state index contributed by atoms with van der Waals surface area (Å²) in [5, 5.41) is 20.6. The highest BCUT2D eigenvalue weighted by molar-refractivity contribution is 7.12. The Morgan fingerprint density at radius 3 is 2.48 bits per heavy atom. The van der Waals surface area contributed by atoms with Gasteiger partial charge in [-0.05, 0) is 42.2 Å². The number of carbonyl (C=O) groups is 2. The summed E-state index contributed by atoms with van der Waals surface area (Å²) in [4.78, 5) is 33.2. The number of aliphatic imine (C=N–C) groups is 1. The second-order valence-electron chi connectivity index (χ2n) is 10.3. The fourth-order valence-corrected chi connectivity index (χ4v) is 5.74. The van der Waals surface area contributed by atoms with Crippen molar-refractivity contribution in [2.24, 2.45) is 4.99 Å². The van der Waals surface area contributed by atoms with Crippen LogP contribution in [0.4, 0.5) is 10.1 Å². The number of aryl methyl sites for hydroxylation is 1. The van der Waals surface area contributed by atoms with E-state index in [9.17, 15) is 14.0 Å². The predicted molar refractivity (Wildman–Crippen MR) is 154 cm³/mol. The van der Waals surface area contributed by atoms with Gasteiger partial charge in [0, 0.05) is 42.9 Å². The lowest BCUT2D eigenvalue weighted by Crippen LogP contribution is -2.53.